The van der Waals surface area contributed by atoms with Crippen LogP contribution in [0.3, 0.4) is 0 Å². The maximum Gasteiger partial charge on any atom is 0.326 e. The summed E-state index contributed by atoms with van der Waals surface area (Å²) < 4.78 is 0. The Morgan fingerprint density at radius 1 is 1.13 bits per heavy atom. The molecule has 126 valence electrons. The second kappa shape index (κ2) is 8.77. The van der Waals surface area contributed by atoms with Crippen molar-refractivity contribution in [3.05, 3.63) is 29.8 Å². The zero-order chi connectivity index (χ0) is 17.4. The van der Waals surface area contributed by atoms with Crippen LogP contribution >= 0.6 is 0 Å². The summed E-state index contributed by atoms with van der Waals surface area (Å²) in [6.07, 6.45) is 1.06. The van der Waals surface area contributed by atoms with Crippen LogP contribution in [-0.2, 0) is 20.8 Å². The summed E-state index contributed by atoms with van der Waals surface area (Å²) in [4.78, 5) is 34.8. The van der Waals surface area contributed by atoms with Gasteiger partial charge in [0.2, 0.25) is 11.8 Å². The molecule has 0 aromatic heterocycles. The molecular formula is C16H22N2O5. The highest BCUT2D eigenvalue weighted by atomic mass is 16.4. The molecule has 0 saturated carbocycles. The van der Waals surface area contributed by atoms with E-state index in [2.05, 4.69) is 10.6 Å². The minimum Gasteiger partial charge on any atom is -0.508 e. The van der Waals surface area contributed by atoms with Gasteiger partial charge in [0.1, 0.15) is 17.8 Å². The van der Waals surface area contributed by atoms with Crippen molar-refractivity contribution >= 4 is 17.8 Å². The third-order valence-corrected chi connectivity index (χ3v) is 3.24. The fourth-order valence-electron chi connectivity index (χ4n) is 1.97. The van der Waals surface area contributed by atoms with Crippen molar-refractivity contribution in [2.75, 3.05) is 0 Å². The highest BCUT2D eigenvalue weighted by Gasteiger charge is 2.24. The standard InChI is InChI=1S/C16H22N2O5/c1-3-4-14(20)17-10(2)15(21)18-13(16(22)23)9-11-5-7-12(19)8-6-11/h5-8,10,13,19H,3-4,9H2,1-2H3,(H,17,20)(H,18,21)(H,22,23)/t10-,13-/m0/s1. The van der Waals surface area contributed by atoms with Crippen LogP contribution < -0.4 is 10.6 Å². The first-order valence-corrected chi connectivity index (χ1v) is 7.44. The number of rotatable bonds is 8. The van der Waals surface area contributed by atoms with Gasteiger partial charge in [-0.1, -0.05) is 19.1 Å². The Morgan fingerprint density at radius 3 is 2.26 bits per heavy atom. The van der Waals surface area contributed by atoms with E-state index in [0.717, 1.165) is 0 Å². The SMILES string of the molecule is CCCC(=O)N[C@@H](C)C(=O)N[C@@H](Cc1ccc(O)cc1)C(=O)O. The first kappa shape index (κ1) is 18.5. The van der Waals surface area contributed by atoms with Gasteiger partial charge in [-0.2, -0.15) is 0 Å². The average molecular weight is 322 g/mol. The van der Waals surface area contributed by atoms with Gasteiger partial charge >= 0.3 is 5.97 Å². The molecule has 0 bridgehead atoms. The van der Waals surface area contributed by atoms with Gasteiger partial charge in [0.15, 0.2) is 0 Å². The summed E-state index contributed by atoms with van der Waals surface area (Å²) in [6, 6.07) is 4.15. The van der Waals surface area contributed by atoms with E-state index in [1.807, 2.05) is 6.92 Å². The molecule has 0 unspecified atom stereocenters. The molecule has 7 heteroatoms. The molecule has 7 nitrogen and oxygen atoms in total. The van der Waals surface area contributed by atoms with Gasteiger partial charge in [0.05, 0.1) is 0 Å². The molecule has 23 heavy (non-hydrogen) atoms. The zero-order valence-electron chi connectivity index (χ0n) is 13.2. The molecule has 0 aliphatic carbocycles. The number of phenols is 1. The molecule has 0 heterocycles. The Balaban J connectivity index is 2.64. The van der Waals surface area contributed by atoms with E-state index in [4.69, 9.17) is 0 Å². The molecule has 1 aromatic rings. The van der Waals surface area contributed by atoms with Gasteiger partial charge in [0, 0.05) is 12.8 Å². The lowest BCUT2D eigenvalue weighted by atomic mass is 10.1. The Labute approximate surface area is 134 Å². The number of carboxylic acid groups (broad SMARTS) is 1. The van der Waals surface area contributed by atoms with E-state index in [1.165, 1.54) is 19.1 Å². The Morgan fingerprint density at radius 2 is 1.74 bits per heavy atom. The van der Waals surface area contributed by atoms with Crippen molar-refractivity contribution in [2.45, 2.75) is 45.2 Å². The van der Waals surface area contributed by atoms with Crippen molar-refractivity contribution in [2.24, 2.45) is 0 Å². The maximum absolute atomic E-state index is 12.0. The molecule has 0 fully saturated rings. The fourth-order valence-corrected chi connectivity index (χ4v) is 1.97. The van der Waals surface area contributed by atoms with Crippen molar-refractivity contribution in [1.82, 2.24) is 10.6 Å². The average Bonchev–Trinajstić information content (AvgIpc) is 2.48. The topological polar surface area (TPSA) is 116 Å². The van der Waals surface area contributed by atoms with Gasteiger partial charge in [-0.25, -0.2) is 4.79 Å². The largest absolute Gasteiger partial charge is 0.508 e. The van der Waals surface area contributed by atoms with Crippen LogP contribution in [0.2, 0.25) is 0 Å². The quantitative estimate of drug-likeness (QED) is 0.565. The van der Waals surface area contributed by atoms with Gasteiger partial charge in [-0.3, -0.25) is 9.59 Å². The Bertz CT molecular complexity index is 556. The third kappa shape index (κ3) is 6.37. The minimum absolute atomic E-state index is 0.0803. The second-order valence-electron chi connectivity index (χ2n) is 5.31. The summed E-state index contributed by atoms with van der Waals surface area (Å²) in [6.45, 7) is 3.35. The van der Waals surface area contributed by atoms with Crippen LogP contribution in [0.15, 0.2) is 24.3 Å². The molecule has 1 aromatic carbocycles. The Kier molecular flexibility index (Phi) is 7.05. The number of amides is 2. The third-order valence-electron chi connectivity index (χ3n) is 3.24. The summed E-state index contributed by atoms with van der Waals surface area (Å²) in [5.41, 5.74) is 0.665. The molecular weight excluding hydrogens is 300 g/mol. The van der Waals surface area contributed by atoms with Crippen molar-refractivity contribution in [3.63, 3.8) is 0 Å². The van der Waals surface area contributed by atoms with Crippen molar-refractivity contribution in [1.29, 1.82) is 0 Å². The minimum atomic E-state index is -1.17. The number of hydrogen-bond donors (Lipinski definition) is 4. The number of hydrogen-bond acceptors (Lipinski definition) is 4. The van der Waals surface area contributed by atoms with Gasteiger partial charge in [-0.05, 0) is 31.0 Å². The lowest BCUT2D eigenvalue weighted by Gasteiger charge is -2.19. The molecule has 0 radical (unpaired) electrons. The predicted molar refractivity (Wildman–Crippen MR) is 83.9 cm³/mol. The highest BCUT2D eigenvalue weighted by molar-refractivity contribution is 5.90. The van der Waals surface area contributed by atoms with Gasteiger partial charge < -0.3 is 20.8 Å². The van der Waals surface area contributed by atoms with Crippen LogP contribution in [0, 0.1) is 0 Å². The van der Waals surface area contributed by atoms with E-state index in [1.54, 1.807) is 12.1 Å². The number of carboxylic acids is 1. The lowest BCUT2D eigenvalue weighted by molar-refractivity contribution is -0.142. The molecule has 0 spiro atoms. The second-order valence-corrected chi connectivity index (χ2v) is 5.31. The molecule has 4 N–H and O–H groups in total. The van der Waals surface area contributed by atoms with Crippen LogP contribution in [-0.4, -0.2) is 40.1 Å². The molecule has 0 aliphatic heterocycles. The van der Waals surface area contributed by atoms with Crippen LogP contribution in [0.1, 0.15) is 32.3 Å². The first-order valence-electron chi connectivity index (χ1n) is 7.44. The van der Waals surface area contributed by atoms with Crippen LogP contribution in [0.25, 0.3) is 0 Å². The summed E-state index contributed by atoms with van der Waals surface area (Å²) >= 11 is 0. The molecule has 1 rings (SSSR count). The van der Waals surface area contributed by atoms with Crippen molar-refractivity contribution in [3.8, 4) is 5.75 Å². The summed E-state index contributed by atoms with van der Waals surface area (Å²) in [5, 5.41) is 23.4. The number of aromatic hydroxyl groups is 1. The highest BCUT2D eigenvalue weighted by Crippen LogP contribution is 2.11. The smallest absolute Gasteiger partial charge is 0.326 e. The summed E-state index contributed by atoms with van der Waals surface area (Å²) in [5.74, 6) is -1.89. The molecule has 0 saturated heterocycles. The van der Waals surface area contributed by atoms with Crippen LogP contribution in [0.5, 0.6) is 5.75 Å². The fraction of sp³-hybridized carbons (Fsp3) is 0.438. The zero-order valence-corrected chi connectivity index (χ0v) is 13.2. The number of aliphatic carboxylic acids is 1. The van der Waals surface area contributed by atoms with Gasteiger partial charge in [0.25, 0.3) is 0 Å². The first-order chi connectivity index (χ1) is 10.8. The lowest BCUT2D eigenvalue weighted by Crippen LogP contribution is -2.51. The normalized spacial score (nSPS) is 13.0. The number of carbonyl (C=O) groups excluding carboxylic acids is 2. The molecule has 2 amide bonds. The number of phenolic OH excluding ortho intramolecular Hbond substituents is 1. The van der Waals surface area contributed by atoms with E-state index < -0.39 is 24.0 Å². The monoisotopic (exact) mass is 322 g/mol. The van der Waals surface area contributed by atoms with Gasteiger partial charge in [-0.15, -0.1) is 0 Å². The number of carbonyl (C=O) groups is 3. The van der Waals surface area contributed by atoms with Crippen LogP contribution in [0.4, 0.5) is 0 Å². The van der Waals surface area contributed by atoms with E-state index in [9.17, 15) is 24.6 Å². The predicted octanol–water partition coefficient (Wildman–Crippen LogP) is 0.809. The summed E-state index contributed by atoms with van der Waals surface area (Å²) in [7, 11) is 0. The molecule has 2 atom stereocenters. The Hall–Kier alpha value is -2.57. The van der Waals surface area contributed by atoms with E-state index in [0.29, 0.717) is 18.4 Å². The van der Waals surface area contributed by atoms with E-state index in [-0.39, 0.29) is 18.1 Å². The van der Waals surface area contributed by atoms with E-state index >= 15 is 0 Å². The maximum atomic E-state index is 12.0. The number of nitrogens with one attached hydrogen (secondary N) is 2. The number of benzene rings is 1. The molecule has 0 aliphatic rings. The van der Waals surface area contributed by atoms with Crippen molar-refractivity contribution < 1.29 is 24.6 Å².